The Kier molecular flexibility index (Phi) is 4.78. The van der Waals surface area contributed by atoms with Gasteiger partial charge in [-0.25, -0.2) is 9.97 Å². The molecule has 0 spiro atoms. The summed E-state index contributed by atoms with van der Waals surface area (Å²) in [5, 5.41) is 1.11. The third-order valence-electron chi connectivity index (χ3n) is 5.85. The van der Waals surface area contributed by atoms with E-state index in [1.807, 2.05) is 40.1 Å². The predicted octanol–water partition coefficient (Wildman–Crippen LogP) is 3.61. The Morgan fingerprint density at radius 3 is 3.07 bits per heavy atom. The highest BCUT2D eigenvalue weighted by molar-refractivity contribution is 5.89. The van der Waals surface area contributed by atoms with Crippen molar-refractivity contribution in [2.75, 3.05) is 6.54 Å². The first-order chi connectivity index (χ1) is 14.7. The van der Waals surface area contributed by atoms with Crippen molar-refractivity contribution < 1.29 is 4.79 Å². The van der Waals surface area contributed by atoms with Gasteiger partial charge in [-0.1, -0.05) is 25.1 Å². The largest absolute Gasteiger partial charge is 0.361 e. The van der Waals surface area contributed by atoms with Gasteiger partial charge in [-0.3, -0.25) is 14.3 Å². The Labute approximate surface area is 174 Å². The third kappa shape index (κ3) is 3.26. The van der Waals surface area contributed by atoms with Crippen molar-refractivity contribution in [2.24, 2.45) is 0 Å². The second-order valence-corrected chi connectivity index (χ2v) is 7.65. The molecule has 4 heterocycles. The van der Waals surface area contributed by atoms with Gasteiger partial charge in [0.2, 0.25) is 5.91 Å². The zero-order valence-corrected chi connectivity index (χ0v) is 17.0. The number of aromatic amines is 1. The molecule has 1 saturated heterocycles. The molecule has 1 fully saturated rings. The fourth-order valence-electron chi connectivity index (χ4n) is 4.37. The van der Waals surface area contributed by atoms with E-state index in [1.54, 1.807) is 18.6 Å². The molecule has 1 unspecified atom stereocenters. The molecule has 0 bridgehead atoms. The van der Waals surface area contributed by atoms with E-state index in [1.165, 1.54) is 0 Å². The lowest BCUT2D eigenvalue weighted by Gasteiger charge is -2.24. The first-order valence-electron chi connectivity index (χ1n) is 10.4. The molecule has 5 rings (SSSR count). The van der Waals surface area contributed by atoms with Crippen LogP contribution in [-0.2, 0) is 17.6 Å². The van der Waals surface area contributed by atoms with Gasteiger partial charge in [0.05, 0.1) is 30.6 Å². The summed E-state index contributed by atoms with van der Waals surface area (Å²) in [6.45, 7) is 2.82. The normalized spacial score (nSPS) is 16.4. The number of likely N-dealkylation sites (tertiary alicyclic amines) is 1. The van der Waals surface area contributed by atoms with Crippen molar-refractivity contribution >= 4 is 16.8 Å². The number of carbonyl (C=O) groups excluding carboxylic acids is 1. The number of nitrogens with zero attached hydrogens (tertiary/aromatic N) is 5. The van der Waals surface area contributed by atoms with E-state index >= 15 is 0 Å². The molecule has 7 nitrogen and oxygen atoms in total. The standard InChI is InChI=1S/C23H24N6O/c1-2-21-25-9-11-29(21)22-15-24-14-19(27-22)20-8-5-10-28(20)23(30)12-16-13-26-18-7-4-3-6-17(16)18/h3-4,6-7,9,11,13-15,20,26H,2,5,8,10,12H2,1H3. The zero-order chi connectivity index (χ0) is 20.5. The van der Waals surface area contributed by atoms with Gasteiger partial charge in [-0.15, -0.1) is 0 Å². The molecule has 1 aliphatic rings. The van der Waals surface area contributed by atoms with Crippen molar-refractivity contribution in [1.29, 1.82) is 0 Å². The van der Waals surface area contributed by atoms with E-state index in [9.17, 15) is 4.79 Å². The van der Waals surface area contributed by atoms with Crippen molar-refractivity contribution in [3.8, 4) is 5.82 Å². The van der Waals surface area contributed by atoms with Crippen LogP contribution in [0, 0.1) is 0 Å². The monoisotopic (exact) mass is 400 g/mol. The van der Waals surface area contributed by atoms with Gasteiger partial charge in [0.15, 0.2) is 5.82 Å². The molecule has 1 amide bonds. The van der Waals surface area contributed by atoms with Gasteiger partial charge in [-0.2, -0.15) is 0 Å². The summed E-state index contributed by atoms with van der Waals surface area (Å²) in [5.41, 5.74) is 2.93. The molecule has 1 atom stereocenters. The molecule has 0 radical (unpaired) electrons. The minimum atomic E-state index is -0.0382. The van der Waals surface area contributed by atoms with Crippen LogP contribution in [0.25, 0.3) is 16.7 Å². The van der Waals surface area contributed by atoms with Gasteiger partial charge in [0, 0.05) is 42.5 Å². The van der Waals surface area contributed by atoms with Crippen molar-refractivity contribution in [3.63, 3.8) is 0 Å². The Bertz CT molecular complexity index is 1190. The van der Waals surface area contributed by atoms with Gasteiger partial charge in [0.1, 0.15) is 5.82 Å². The van der Waals surface area contributed by atoms with Crippen molar-refractivity contribution in [2.45, 2.75) is 38.6 Å². The number of aromatic nitrogens is 5. The second-order valence-electron chi connectivity index (χ2n) is 7.65. The number of H-pyrrole nitrogens is 1. The first-order valence-corrected chi connectivity index (χ1v) is 10.4. The molecule has 4 aromatic rings. The summed E-state index contributed by atoms with van der Waals surface area (Å²) >= 11 is 0. The number of para-hydroxylation sites is 1. The maximum absolute atomic E-state index is 13.2. The van der Waals surface area contributed by atoms with Crippen LogP contribution in [0.5, 0.6) is 0 Å². The number of fused-ring (bicyclic) bond motifs is 1. The molecule has 1 aliphatic heterocycles. The summed E-state index contributed by atoms with van der Waals surface area (Å²) in [4.78, 5) is 32.1. The van der Waals surface area contributed by atoms with E-state index < -0.39 is 0 Å². The molecule has 7 heteroatoms. The number of amides is 1. The minimum absolute atomic E-state index is 0.0382. The van der Waals surface area contributed by atoms with E-state index in [-0.39, 0.29) is 11.9 Å². The van der Waals surface area contributed by atoms with E-state index in [0.29, 0.717) is 6.42 Å². The highest BCUT2D eigenvalue weighted by Gasteiger charge is 2.31. The maximum Gasteiger partial charge on any atom is 0.227 e. The zero-order valence-electron chi connectivity index (χ0n) is 17.0. The number of nitrogens with one attached hydrogen (secondary N) is 1. The molecule has 1 N–H and O–H groups in total. The van der Waals surface area contributed by atoms with Crippen LogP contribution in [0.2, 0.25) is 0 Å². The van der Waals surface area contributed by atoms with Gasteiger partial charge in [-0.05, 0) is 24.5 Å². The minimum Gasteiger partial charge on any atom is -0.361 e. The number of hydrogen-bond acceptors (Lipinski definition) is 4. The summed E-state index contributed by atoms with van der Waals surface area (Å²) in [6, 6.07) is 8.05. The predicted molar refractivity (Wildman–Crippen MR) is 114 cm³/mol. The van der Waals surface area contributed by atoms with Crippen LogP contribution in [0.4, 0.5) is 0 Å². The number of rotatable bonds is 5. The Balaban J connectivity index is 1.40. The highest BCUT2D eigenvalue weighted by Crippen LogP contribution is 2.32. The molecular weight excluding hydrogens is 376 g/mol. The average molecular weight is 400 g/mol. The van der Waals surface area contributed by atoms with Crippen LogP contribution in [0.3, 0.4) is 0 Å². The van der Waals surface area contributed by atoms with Gasteiger partial charge < -0.3 is 9.88 Å². The molecule has 152 valence electrons. The highest BCUT2D eigenvalue weighted by atomic mass is 16.2. The number of hydrogen-bond donors (Lipinski definition) is 1. The lowest BCUT2D eigenvalue weighted by molar-refractivity contribution is -0.131. The van der Waals surface area contributed by atoms with Crippen LogP contribution < -0.4 is 0 Å². The summed E-state index contributed by atoms with van der Waals surface area (Å²) in [5.74, 6) is 1.82. The summed E-state index contributed by atoms with van der Waals surface area (Å²) in [7, 11) is 0. The van der Waals surface area contributed by atoms with Crippen LogP contribution in [0.15, 0.2) is 55.2 Å². The summed E-state index contributed by atoms with van der Waals surface area (Å²) in [6.07, 6.45) is 12.2. The molecule has 0 saturated carbocycles. The molecule has 3 aromatic heterocycles. The Hall–Kier alpha value is -3.48. The Morgan fingerprint density at radius 2 is 2.17 bits per heavy atom. The number of aryl methyl sites for hydroxylation is 1. The van der Waals surface area contributed by atoms with Crippen LogP contribution in [-0.4, -0.2) is 41.9 Å². The SMILES string of the molecule is CCc1nccn1-c1cncc(C2CCCN2C(=O)Cc2c[nH]c3ccccc23)n1. The van der Waals surface area contributed by atoms with Gasteiger partial charge >= 0.3 is 0 Å². The Morgan fingerprint density at radius 1 is 1.27 bits per heavy atom. The first kappa shape index (κ1) is 18.5. The van der Waals surface area contributed by atoms with Crippen LogP contribution in [0.1, 0.15) is 42.9 Å². The topological polar surface area (TPSA) is 79.7 Å². The smallest absolute Gasteiger partial charge is 0.227 e. The van der Waals surface area contributed by atoms with Crippen molar-refractivity contribution in [3.05, 3.63) is 72.3 Å². The second kappa shape index (κ2) is 7.74. The molecule has 1 aromatic carbocycles. The fourth-order valence-corrected chi connectivity index (χ4v) is 4.37. The van der Waals surface area contributed by atoms with E-state index in [0.717, 1.165) is 59.6 Å². The maximum atomic E-state index is 13.2. The van der Waals surface area contributed by atoms with E-state index in [2.05, 4.69) is 27.9 Å². The lowest BCUT2D eigenvalue weighted by atomic mass is 10.1. The van der Waals surface area contributed by atoms with Gasteiger partial charge in [0.25, 0.3) is 0 Å². The average Bonchev–Trinajstić information content (AvgIpc) is 3.53. The quantitative estimate of drug-likeness (QED) is 0.555. The van der Waals surface area contributed by atoms with E-state index in [4.69, 9.17) is 4.98 Å². The number of carbonyl (C=O) groups is 1. The fraction of sp³-hybridized carbons (Fsp3) is 0.304. The number of benzene rings is 1. The summed E-state index contributed by atoms with van der Waals surface area (Å²) < 4.78 is 1.96. The van der Waals surface area contributed by atoms with Crippen molar-refractivity contribution in [1.82, 2.24) is 29.4 Å². The van der Waals surface area contributed by atoms with Crippen LogP contribution >= 0.6 is 0 Å². The third-order valence-corrected chi connectivity index (χ3v) is 5.85. The molecule has 0 aliphatic carbocycles. The lowest BCUT2D eigenvalue weighted by Crippen LogP contribution is -2.32. The molecular formula is C23H24N6O. The number of imidazole rings is 1. The molecule has 30 heavy (non-hydrogen) atoms.